The van der Waals surface area contributed by atoms with Crippen LogP contribution in [-0.2, 0) is 5.41 Å². The van der Waals surface area contributed by atoms with Crippen molar-refractivity contribution in [3.05, 3.63) is 63.7 Å². The highest BCUT2D eigenvalue weighted by atomic mass is 16.6. The van der Waals surface area contributed by atoms with Crippen LogP contribution in [0, 0.1) is 10.1 Å². The Kier molecular flexibility index (Phi) is 2.95. The summed E-state index contributed by atoms with van der Waals surface area (Å²) >= 11 is 0. The number of benzene rings is 2. The van der Waals surface area contributed by atoms with E-state index >= 15 is 0 Å². The number of rotatable bonds is 1. The molecule has 0 saturated carbocycles. The number of nitro groups is 1. The number of fused-ring (bicyclic) bond motifs is 2. The maximum atomic E-state index is 11.5. The van der Waals surface area contributed by atoms with Gasteiger partial charge in [0.05, 0.1) is 10.3 Å². The van der Waals surface area contributed by atoms with Gasteiger partial charge in [-0.3, -0.25) is 10.1 Å². The van der Waals surface area contributed by atoms with Gasteiger partial charge < -0.3 is 15.4 Å². The van der Waals surface area contributed by atoms with Crippen LogP contribution in [-0.4, -0.2) is 17.7 Å². The second kappa shape index (κ2) is 4.75. The van der Waals surface area contributed by atoms with Crippen LogP contribution in [0.5, 0.6) is 5.75 Å². The minimum absolute atomic E-state index is 0.112. The van der Waals surface area contributed by atoms with Crippen LogP contribution >= 0.6 is 0 Å². The van der Waals surface area contributed by atoms with Gasteiger partial charge in [0.1, 0.15) is 0 Å². The number of nitro benzene ring substituents is 1. The molecule has 128 valence electrons. The zero-order chi connectivity index (χ0) is 18.0. The van der Waals surface area contributed by atoms with Crippen LogP contribution in [0.2, 0.25) is 0 Å². The molecule has 0 saturated heterocycles. The molecule has 2 aliphatic heterocycles. The van der Waals surface area contributed by atoms with E-state index in [2.05, 4.69) is 19.9 Å². The third-order valence-corrected chi connectivity index (χ3v) is 5.40. The summed E-state index contributed by atoms with van der Waals surface area (Å²) in [6, 6.07) is 11.1. The third-order valence-electron chi connectivity index (χ3n) is 5.40. The topological polar surface area (TPSA) is 81.6 Å². The number of hydrogen-bond acceptors (Lipinski definition) is 5. The quantitative estimate of drug-likeness (QED) is 0.487. The summed E-state index contributed by atoms with van der Waals surface area (Å²) < 4.78 is 6.38. The third kappa shape index (κ3) is 1.85. The minimum Gasteiger partial charge on any atom is -0.456 e. The first-order chi connectivity index (χ1) is 11.8. The fourth-order valence-corrected chi connectivity index (χ4v) is 4.02. The van der Waals surface area contributed by atoms with Crippen LogP contribution in [0.4, 0.5) is 17.1 Å². The second-order valence-electron chi connectivity index (χ2n) is 7.05. The summed E-state index contributed by atoms with van der Waals surface area (Å²) in [5.41, 5.74) is 7.62. The van der Waals surface area contributed by atoms with Crippen molar-refractivity contribution in [3.8, 4) is 5.75 Å². The number of nitrogen functional groups attached to an aromatic ring is 1. The number of hydrogen-bond donors (Lipinski definition) is 1. The lowest BCUT2D eigenvalue weighted by atomic mass is 9.76. The molecule has 0 fully saturated rings. The van der Waals surface area contributed by atoms with Gasteiger partial charge >= 0.3 is 5.69 Å². The maximum Gasteiger partial charge on any atom is 0.313 e. The van der Waals surface area contributed by atoms with Gasteiger partial charge in [-0.05, 0) is 43.7 Å². The molecule has 1 spiro atoms. The summed E-state index contributed by atoms with van der Waals surface area (Å²) in [4.78, 5) is 13.1. The molecule has 2 aromatic rings. The molecule has 0 bridgehead atoms. The molecule has 1 atom stereocenters. The lowest BCUT2D eigenvalue weighted by Crippen LogP contribution is -2.58. The molecule has 0 amide bonds. The standard InChI is InChI=1S/C19H19N3O3/c1-18(2)14-6-4-5-7-15(14)21(3)19(18)9-8-12-10-13(20)11-16(22(23)24)17(12)25-19/h4-11H,20H2,1-3H3. The molecule has 0 aliphatic carbocycles. The van der Waals surface area contributed by atoms with Crippen LogP contribution in [0.15, 0.2) is 42.5 Å². The van der Waals surface area contributed by atoms with Gasteiger partial charge in [0, 0.05) is 30.1 Å². The monoisotopic (exact) mass is 337 g/mol. The summed E-state index contributed by atoms with van der Waals surface area (Å²) in [5.74, 6) is 0.259. The Morgan fingerprint density at radius 1 is 1.24 bits per heavy atom. The lowest BCUT2D eigenvalue weighted by Gasteiger charge is -2.45. The minimum atomic E-state index is -0.843. The highest BCUT2D eigenvalue weighted by Gasteiger charge is 2.58. The van der Waals surface area contributed by atoms with Crippen LogP contribution in [0.25, 0.3) is 6.08 Å². The molecule has 6 heteroatoms. The Balaban J connectivity index is 1.93. The first kappa shape index (κ1) is 15.5. The van der Waals surface area contributed by atoms with E-state index < -0.39 is 16.1 Å². The Bertz CT molecular complexity index is 936. The largest absolute Gasteiger partial charge is 0.456 e. The Labute approximate surface area is 145 Å². The normalized spacial score (nSPS) is 22.4. The summed E-state index contributed by atoms with van der Waals surface area (Å²) in [6.07, 6.45) is 3.84. The predicted octanol–water partition coefficient (Wildman–Crippen LogP) is 3.71. The molecule has 25 heavy (non-hydrogen) atoms. The van der Waals surface area contributed by atoms with E-state index in [1.54, 1.807) is 6.07 Å². The molecule has 6 nitrogen and oxygen atoms in total. The maximum absolute atomic E-state index is 11.5. The van der Waals surface area contributed by atoms with E-state index in [0.29, 0.717) is 11.3 Å². The van der Waals surface area contributed by atoms with E-state index in [9.17, 15) is 10.1 Å². The van der Waals surface area contributed by atoms with Crippen molar-refractivity contribution in [3.63, 3.8) is 0 Å². The van der Waals surface area contributed by atoms with E-state index in [1.807, 2.05) is 42.3 Å². The highest BCUT2D eigenvalue weighted by molar-refractivity contribution is 5.76. The first-order valence-electron chi connectivity index (χ1n) is 8.07. The first-order valence-corrected chi connectivity index (χ1v) is 8.07. The summed E-state index contributed by atoms with van der Waals surface area (Å²) in [7, 11) is 1.95. The average Bonchev–Trinajstić information content (AvgIpc) is 2.74. The molecule has 2 aromatic carbocycles. The van der Waals surface area contributed by atoms with Crippen molar-refractivity contribution in [1.82, 2.24) is 0 Å². The van der Waals surface area contributed by atoms with Crippen LogP contribution < -0.4 is 15.4 Å². The average molecular weight is 337 g/mol. The van der Waals surface area contributed by atoms with Crippen molar-refractivity contribution in [2.24, 2.45) is 0 Å². The summed E-state index contributed by atoms with van der Waals surface area (Å²) in [5, 5.41) is 11.5. The highest BCUT2D eigenvalue weighted by Crippen LogP contribution is 2.55. The predicted molar refractivity (Wildman–Crippen MR) is 97.8 cm³/mol. The molecule has 1 unspecified atom stereocenters. The Morgan fingerprint density at radius 2 is 1.96 bits per heavy atom. The molecule has 4 rings (SSSR count). The second-order valence-corrected chi connectivity index (χ2v) is 7.05. The van der Waals surface area contributed by atoms with Gasteiger partial charge in [-0.1, -0.05) is 18.2 Å². The summed E-state index contributed by atoms with van der Waals surface area (Å²) in [6.45, 7) is 4.18. The molecular weight excluding hydrogens is 318 g/mol. The van der Waals surface area contributed by atoms with Crippen LogP contribution in [0.1, 0.15) is 25.0 Å². The molecule has 2 N–H and O–H groups in total. The molecule has 0 aromatic heterocycles. The number of nitrogens with zero attached hydrogens (tertiary/aromatic N) is 2. The van der Waals surface area contributed by atoms with Gasteiger partial charge in [-0.2, -0.15) is 0 Å². The zero-order valence-corrected chi connectivity index (χ0v) is 14.3. The zero-order valence-electron chi connectivity index (χ0n) is 14.3. The van der Waals surface area contributed by atoms with Crippen molar-refractivity contribution < 1.29 is 9.66 Å². The van der Waals surface area contributed by atoms with Gasteiger partial charge in [-0.15, -0.1) is 0 Å². The fraction of sp³-hybridized carbons (Fsp3) is 0.263. The lowest BCUT2D eigenvalue weighted by molar-refractivity contribution is -0.386. The van der Waals surface area contributed by atoms with Gasteiger partial charge in [-0.25, -0.2) is 0 Å². The van der Waals surface area contributed by atoms with Crippen LogP contribution in [0.3, 0.4) is 0 Å². The van der Waals surface area contributed by atoms with Gasteiger partial charge in [0.25, 0.3) is 0 Å². The van der Waals surface area contributed by atoms with E-state index in [4.69, 9.17) is 10.5 Å². The fourth-order valence-electron chi connectivity index (χ4n) is 4.02. The van der Waals surface area contributed by atoms with Crippen molar-refractivity contribution in [2.45, 2.75) is 25.0 Å². The van der Waals surface area contributed by atoms with Crippen molar-refractivity contribution in [1.29, 1.82) is 0 Å². The number of anilines is 2. The van der Waals surface area contributed by atoms with Crippen molar-refractivity contribution >= 4 is 23.1 Å². The number of likely N-dealkylation sites (N-methyl/N-ethyl adjacent to an activating group) is 1. The molecular formula is C19H19N3O3. The molecule has 0 radical (unpaired) electrons. The number of ether oxygens (including phenoxy) is 1. The van der Waals surface area contributed by atoms with Crippen molar-refractivity contribution in [2.75, 3.05) is 17.7 Å². The van der Waals surface area contributed by atoms with E-state index in [0.717, 1.165) is 11.3 Å². The molecule has 2 heterocycles. The van der Waals surface area contributed by atoms with E-state index in [1.165, 1.54) is 6.07 Å². The van der Waals surface area contributed by atoms with Gasteiger partial charge in [0.15, 0.2) is 0 Å². The Morgan fingerprint density at radius 3 is 2.64 bits per heavy atom. The smallest absolute Gasteiger partial charge is 0.313 e. The number of nitrogens with two attached hydrogens (primary N) is 1. The SMILES string of the molecule is CN1c2ccccc2C(C)(C)C12C=Cc1cc(N)cc([N+](=O)[O-])c1O2. The van der Waals surface area contributed by atoms with Gasteiger partial charge in [0.2, 0.25) is 11.5 Å². The van der Waals surface area contributed by atoms with E-state index in [-0.39, 0.29) is 11.4 Å². The number of para-hydroxylation sites is 1. The Hall–Kier alpha value is -3.02. The molecule has 2 aliphatic rings.